The molecule has 1 unspecified atom stereocenters. The normalized spacial score (nSPS) is 16.9. The van der Waals surface area contributed by atoms with Crippen LogP contribution in [-0.4, -0.2) is 39.2 Å². The molecule has 0 radical (unpaired) electrons. The molecule has 6 heteroatoms. The lowest BCUT2D eigenvalue weighted by molar-refractivity contribution is 0.0921. The first kappa shape index (κ1) is 16.5. The van der Waals surface area contributed by atoms with Crippen molar-refractivity contribution in [2.75, 3.05) is 13.6 Å². The van der Waals surface area contributed by atoms with Crippen LogP contribution in [0, 0.1) is 0 Å². The fourth-order valence-corrected chi connectivity index (χ4v) is 3.51. The van der Waals surface area contributed by atoms with E-state index in [4.69, 9.17) is 0 Å². The maximum Gasteiger partial charge on any atom is 0.252 e. The third kappa shape index (κ3) is 3.36. The minimum Gasteiger partial charge on any atom is -0.344 e. The number of carbonyl (C=O) groups is 1. The van der Waals surface area contributed by atoms with Crippen molar-refractivity contribution in [2.24, 2.45) is 0 Å². The standard InChI is InChI=1S/C20H21N5O/c1-24-10-15-6-2-4-8-17(15)19(12-24)23-20(26)18-9-5-3-7-16(18)11-25-14-21-13-22-25/h2-9,13-14,19H,10-12H2,1H3,(H,23,26). The number of likely N-dealkylation sites (N-methyl/N-ethyl adjacent to an activating group) is 1. The number of aromatic nitrogens is 3. The van der Waals surface area contributed by atoms with Gasteiger partial charge in [0, 0.05) is 18.7 Å². The SMILES string of the molecule is CN1Cc2ccccc2C(NC(=O)c2ccccc2Cn2cncn2)C1. The molecule has 1 aromatic heterocycles. The predicted molar refractivity (Wildman–Crippen MR) is 98.5 cm³/mol. The molecule has 26 heavy (non-hydrogen) atoms. The van der Waals surface area contributed by atoms with Crippen molar-refractivity contribution < 1.29 is 4.79 Å². The van der Waals surface area contributed by atoms with Gasteiger partial charge in [0.2, 0.25) is 0 Å². The lowest BCUT2D eigenvalue weighted by Crippen LogP contribution is -2.40. The summed E-state index contributed by atoms with van der Waals surface area (Å²) in [6.07, 6.45) is 3.15. The maximum atomic E-state index is 13.0. The molecule has 0 aliphatic carbocycles. The van der Waals surface area contributed by atoms with Gasteiger partial charge in [-0.2, -0.15) is 5.10 Å². The van der Waals surface area contributed by atoms with E-state index < -0.39 is 0 Å². The average Bonchev–Trinajstić information content (AvgIpc) is 3.15. The van der Waals surface area contributed by atoms with Crippen LogP contribution >= 0.6 is 0 Å². The minimum absolute atomic E-state index is 0.0168. The van der Waals surface area contributed by atoms with Crippen molar-refractivity contribution in [3.63, 3.8) is 0 Å². The van der Waals surface area contributed by atoms with Crippen LogP contribution in [0.1, 0.15) is 33.1 Å². The number of amides is 1. The van der Waals surface area contributed by atoms with Crippen molar-refractivity contribution in [3.05, 3.63) is 83.4 Å². The Hall–Kier alpha value is -2.99. The van der Waals surface area contributed by atoms with Gasteiger partial charge < -0.3 is 5.32 Å². The second kappa shape index (κ2) is 7.09. The van der Waals surface area contributed by atoms with Gasteiger partial charge in [0.25, 0.3) is 5.91 Å². The zero-order valence-electron chi connectivity index (χ0n) is 14.7. The van der Waals surface area contributed by atoms with Gasteiger partial charge in [-0.25, -0.2) is 9.67 Å². The van der Waals surface area contributed by atoms with Crippen molar-refractivity contribution in [3.8, 4) is 0 Å². The summed E-state index contributed by atoms with van der Waals surface area (Å²) in [7, 11) is 2.08. The van der Waals surface area contributed by atoms with Crippen LogP contribution in [0.4, 0.5) is 0 Å². The van der Waals surface area contributed by atoms with Gasteiger partial charge in [-0.1, -0.05) is 42.5 Å². The molecular weight excluding hydrogens is 326 g/mol. The van der Waals surface area contributed by atoms with E-state index in [0.717, 1.165) is 18.7 Å². The van der Waals surface area contributed by atoms with E-state index in [1.807, 2.05) is 36.4 Å². The summed E-state index contributed by atoms with van der Waals surface area (Å²) in [5, 5.41) is 7.35. The summed E-state index contributed by atoms with van der Waals surface area (Å²) < 4.78 is 1.72. The summed E-state index contributed by atoms with van der Waals surface area (Å²) in [6, 6.07) is 15.9. The van der Waals surface area contributed by atoms with Crippen LogP contribution in [0.15, 0.2) is 61.2 Å². The maximum absolute atomic E-state index is 13.0. The number of nitrogens with one attached hydrogen (secondary N) is 1. The molecule has 1 aliphatic heterocycles. The highest BCUT2D eigenvalue weighted by Crippen LogP contribution is 2.26. The number of fused-ring (bicyclic) bond motifs is 1. The van der Waals surface area contributed by atoms with E-state index >= 15 is 0 Å². The molecular formula is C20H21N5O. The van der Waals surface area contributed by atoms with Crippen molar-refractivity contribution >= 4 is 5.91 Å². The first-order valence-corrected chi connectivity index (χ1v) is 8.68. The minimum atomic E-state index is -0.0594. The van der Waals surface area contributed by atoms with E-state index in [9.17, 15) is 4.79 Å². The smallest absolute Gasteiger partial charge is 0.252 e. The Balaban J connectivity index is 1.58. The number of benzene rings is 2. The molecule has 0 saturated heterocycles. The topological polar surface area (TPSA) is 63.1 Å². The fraction of sp³-hybridized carbons (Fsp3) is 0.250. The average molecular weight is 347 g/mol. The van der Waals surface area contributed by atoms with Crippen LogP contribution in [0.3, 0.4) is 0 Å². The Morgan fingerprint density at radius 2 is 2.00 bits per heavy atom. The van der Waals surface area contributed by atoms with E-state index in [2.05, 4.69) is 39.5 Å². The van der Waals surface area contributed by atoms with Gasteiger partial charge in [0.1, 0.15) is 12.7 Å². The predicted octanol–water partition coefficient (Wildman–Crippen LogP) is 2.24. The molecule has 4 rings (SSSR count). The van der Waals surface area contributed by atoms with Gasteiger partial charge in [-0.05, 0) is 29.8 Å². The summed E-state index contributed by atoms with van der Waals surface area (Å²) in [6.45, 7) is 2.23. The molecule has 0 bridgehead atoms. The highest BCUT2D eigenvalue weighted by molar-refractivity contribution is 5.96. The molecule has 1 N–H and O–H groups in total. The summed E-state index contributed by atoms with van der Waals surface area (Å²) >= 11 is 0. The number of rotatable bonds is 4. The lowest BCUT2D eigenvalue weighted by Gasteiger charge is -2.32. The van der Waals surface area contributed by atoms with Crippen LogP contribution < -0.4 is 5.32 Å². The Kier molecular flexibility index (Phi) is 4.50. The first-order valence-electron chi connectivity index (χ1n) is 8.68. The van der Waals surface area contributed by atoms with Crippen LogP contribution in [0.25, 0.3) is 0 Å². The number of carbonyl (C=O) groups excluding carboxylic acids is 1. The molecule has 132 valence electrons. The van der Waals surface area contributed by atoms with Crippen LogP contribution in [0.5, 0.6) is 0 Å². The Bertz CT molecular complexity index is 906. The second-order valence-corrected chi connectivity index (χ2v) is 6.67. The Labute approximate surface area is 152 Å². The number of nitrogens with zero attached hydrogens (tertiary/aromatic N) is 4. The van der Waals surface area contributed by atoms with Gasteiger partial charge in [0.05, 0.1) is 12.6 Å². The molecule has 0 saturated carbocycles. The quantitative estimate of drug-likeness (QED) is 0.786. The van der Waals surface area contributed by atoms with E-state index in [0.29, 0.717) is 12.1 Å². The van der Waals surface area contributed by atoms with Crippen LogP contribution in [-0.2, 0) is 13.1 Å². The van der Waals surface area contributed by atoms with Gasteiger partial charge >= 0.3 is 0 Å². The molecule has 1 aliphatic rings. The highest BCUT2D eigenvalue weighted by Gasteiger charge is 2.25. The summed E-state index contributed by atoms with van der Waals surface area (Å²) in [4.78, 5) is 19.2. The van der Waals surface area contributed by atoms with E-state index in [1.165, 1.54) is 17.5 Å². The van der Waals surface area contributed by atoms with Crippen molar-refractivity contribution in [1.82, 2.24) is 25.0 Å². The first-order chi connectivity index (χ1) is 12.7. The van der Waals surface area contributed by atoms with Gasteiger partial charge in [-0.15, -0.1) is 0 Å². The molecule has 0 fully saturated rings. The van der Waals surface area contributed by atoms with Gasteiger partial charge in [-0.3, -0.25) is 9.69 Å². The number of hydrogen-bond acceptors (Lipinski definition) is 4. The number of hydrogen-bond donors (Lipinski definition) is 1. The zero-order valence-corrected chi connectivity index (χ0v) is 14.7. The highest BCUT2D eigenvalue weighted by atomic mass is 16.1. The lowest BCUT2D eigenvalue weighted by atomic mass is 9.95. The second-order valence-electron chi connectivity index (χ2n) is 6.67. The van der Waals surface area contributed by atoms with Crippen molar-refractivity contribution in [1.29, 1.82) is 0 Å². The molecule has 2 aromatic carbocycles. The molecule has 0 spiro atoms. The molecule has 1 atom stereocenters. The van der Waals surface area contributed by atoms with Crippen LogP contribution in [0.2, 0.25) is 0 Å². The summed E-state index contributed by atoms with van der Waals surface area (Å²) in [5.41, 5.74) is 4.07. The molecule has 6 nitrogen and oxygen atoms in total. The monoisotopic (exact) mass is 347 g/mol. The van der Waals surface area contributed by atoms with E-state index in [-0.39, 0.29) is 11.9 Å². The van der Waals surface area contributed by atoms with Gasteiger partial charge in [0.15, 0.2) is 0 Å². The Morgan fingerprint density at radius 1 is 1.19 bits per heavy atom. The third-order valence-corrected chi connectivity index (χ3v) is 4.73. The summed E-state index contributed by atoms with van der Waals surface area (Å²) in [5.74, 6) is -0.0594. The third-order valence-electron chi connectivity index (χ3n) is 4.73. The van der Waals surface area contributed by atoms with Crippen molar-refractivity contribution in [2.45, 2.75) is 19.1 Å². The molecule has 2 heterocycles. The molecule has 1 amide bonds. The largest absolute Gasteiger partial charge is 0.344 e. The Morgan fingerprint density at radius 3 is 2.85 bits per heavy atom. The van der Waals surface area contributed by atoms with E-state index in [1.54, 1.807) is 11.0 Å². The molecule has 3 aromatic rings. The fourth-order valence-electron chi connectivity index (χ4n) is 3.51. The zero-order chi connectivity index (χ0) is 17.9.